The lowest BCUT2D eigenvalue weighted by atomic mass is 9.72. The second-order valence-electron chi connectivity index (χ2n) is 5.16. The van der Waals surface area contributed by atoms with Crippen molar-refractivity contribution in [1.29, 1.82) is 0 Å². The van der Waals surface area contributed by atoms with Gasteiger partial charge in [-0.25, -0.2) is 0 Å². The molecule has 0 saturated carbocycles. The molecule has 2 aliphatic heterocycles. The zero-order chi connectivity index (χ0) is 13.3. The Bertz CT molecular complexity index is 499. The average molecular weight is 262 g/mol. The highest BCUT2D eigenvalue weighted by molar-refractivity contribution is 5.78. The molecule has 0 spiro atoms. The van der Waals surface area contributed by atoms with E-state index >= 15 is 0 Å². The van der Waals surface area contributed by atoms with Crippen LogP contribution in [0.2, 0.25) is 0 Å². The standard InChI is InChI=1S/C14H18N2O3/c1-15-8-14(4-5-16-13(17)7-14)10-2-3-11-12(6-10)19-9-18-11/h2-3,6,15H,4-5,7-9H2,1H3,(H,16,17). The molecular formula is C14H18N2O3. The number of carbonyl (C=O) groups excluding carboxylic acids is 1. The minimum Gasteiger partial charge on any atom is -0.454 e. The smallest absolute Gasteiger partial charge is 0.231 e. The molecule has 0 aromatic heterocycles. The van der Waals surface area contributed by atoms with Crippen molar-refractivity contribution in [3.63, 3.8) is 0 Å². The molecule has 102 valence electrons. The van der Waals surface area contributed by atoms with Gasteiger partial charge in [0.2, 0.25) is 12.7 Å². The zero-order valence-electron chi connectivity index (χ0n) is 11.0. The van der Waals surface area contributed by atoms with Gasteiger partial charge in [-0.3, -0.25) is 4.79 Å². The molecule has 1 fully saturated rings. The second-order valence-corrected chi connectivity index (χ2v) is 5.16. The Kier molecular flexibility index (Phi) is 3.06. The summed E-state index contributed by atoms with van der Waals surface area (Å²) in [5.74, 6) is 1.67. The predicted molar refractivity (Wildman–Crippen MR) is 70.4 cm³/mol. The lowest BCUT2D eigenvalue weighted by Gasteiger charge is -2.37. The summed E-state index contributed by atoms with van der Waals surface area (Å²) in [6, 6.07) is 5.99. The van der Waals surface area contributed by atoms with Gasteiger partial charge in [-0.2, -0.15) is 0 Å². The van der Waals surface area contributed by atoms with Gasteiger partial charge in [-0.15, -0.1) is 0 Å². The maximum atomic E-state index is 11.8. The van der Waals surface area contributed by atoms with Crippen LogP contribution in [0.25, 0.3) is 0 Å². The molecule has 19 heavy (non-hydrogen) atoms. The summed E-state index contributed by atoms with van der Waals surface area (Å²) >= 11 is 0. The van der Waals surface area contributed by atoms with Crippen LogP contribution in [0.4, 0.5) is 0 Å². The molecule has 2 N–H and O–H groups in total. The van der Waals surface area contributed by atoms with Gasteiger partial charge in [0, 0.05) is 24.9 Å². The number of nitrogens with one attached hydrogen (secondary N) is 2. The third-order valence-corrected chi connectivity index (χ3v) is 3.92. The molecule has 0 aliphatic carbocycles. The Morgan fingerprint density at radius 3 is 3.00 bits per heavy atom. The van der Waals surface area contributed by atoms with E-state index in [1.165, 1.54) is 0 Å². The van der Waals surface area contributed by atoms with Crippen molar-refractivity contribution in [2.45, 2.75) is 18.3 Å². The first kappa shape index (κ1) is 12.3. The monoisotopic (exact) mass is 262 g/mol. The topological polar surface area (TPSA) is 59.6 Å². The second kappa shape index (κ2) is 4.74. The minimum absolute atomic E-state index is 0.110. The fourth-order valence-electron chi connectivity index (χ4n) is 2.96. The van der Waals surface area contributed by atoms with Gasteiger partial charge in [0.15, 0.2) is 11.5 Å². The van der Waals surface area contributed by atoms with Crippen molar-refractivity contribution in [2.24, 2.45) is 0 Å². The molecule has 0 bridgehead atoms. The largest absolute Gasteiger partial charge is 0.454 e. The summed E-state index contributed by atoms with van der Waals surface area (Å²) in [4.78, 5) is 11.8. The molecule has 5 nitrogen and oxygen atoms in total. The van der Waals surface area contributed by atoms with Crippen molar-refractivity contribution in [3.05, 3.63) is 23.8 Å². The number of hydrogen-bond donors (Lipinski definition) is 2. The third-order valence-electron chi connectivity index (χ3n) is 3.92. The Balaban J connectivity index is 1.97. The Hall–Kier alpha value is -1.75. The third kappa shape index (κ3) is 2.14. The molecule has 2 aliphatic rings. The van der Waals surface area contributed by atoms with E-state index in [9.17, 15) is 4.79 Å². The molecular weight excluding hydrogens is 244 g/mol. The van der Waals surface area contributed by atoms with Crippen molar-refractivity contribution >= 4 is 5.91 Å². The van der Waals surface area contributed by atoms with Gasteiger partial charge < -0.3 is 20.1 Å². The number of benzene rings is 1. The van der Waals surface area contributed by atoms with Crippen molar-refractivity contribution in [3.8, 4) is 11.5 Å². The fourth-order valence-corrected chi connectivity index (χ4v) is 2.96. The number of carbonyl (C=O) groups is 1. The molecule has 2 heterocycles. The molecule has 3 rings (SSSR count). The number of hydrogen-bond acceptors (Lipinski definition) is 4. The lowest BCUT2D eigenvalue weighted by Crippen LogP contribution is -2.48. The lowest BCUT2D eigenvalue weighted by molar-refractivity contribution is -0.124. The highest BCUT2D eigenvalue weighted by Crippen LogP contribution is 2.40. The maximum absolute atomic E-state index is 11.8. The quantitative estimate of drug-likeness (QED) is 0.845. The number of ether oxygens (including phenoxy) is 2. The van der Waals surface area contributed by atoms with Gasteiger partial charge in [-0.1, -0.05) is 6.07 Å². The van der Waals surface area contributed by atoms with Gasteiger partial charge in [0.05, 0.1) is 0 Å². The minimum atomic E-state index is -0.155. The number of piperidine rings is 1. The zero-order valence-corrected chi connectivity index (χ0v) is 11.0. The molecule has 1 unspecified atom stereocenters. The van der Waals surface area contributed by atoms with Crippen molar-refractivity contribution in [1.82, 2.24) is 10.6 Å². The van der Waals surface area contributed by atoms with Crippen LogP contribution in [0, 0.1) is 0 Å². The van der Waals surface area contributed by atoms with E-state index in [0.29, 0.717) is 6.42 Å². The van der Waals surface area contributed by atoms with E-state index in [1.807, 2.05) is 25.2 Å². The summed E-state index contributed by atoms with van der Waals surface area (Å²) in [6.45, 7) is 1.77. The van der Waals surface area contributed by atoms with E-state index in [0.717, 1.165) is 36.6 Å². The Morgan fingerprint density at radius 1 is 1.37 bits per heavy atom. The SMILES string of the molecule is CNCC1(c2ccc3c(c2)OCO3)CCNC(=O)C1. The number of amides is 1. The van der Waals surface area contributed by atoms with Crippen LogP contribution in [0.15, 0.2) is 18.2 Å². The average Bonchev–Trinajstić information content (AvgIpc) is 2.86. The van der Waals surface area contributed by atoms with E-state index < -0.39 is 0 Å². The van der Waals surface area contributed by atoms with E-state index in [2.05, 4.69) is 10.6 Å². The van der Waals surface area contributed by atoms with Gasteiger partial charge in [-0.05, 0) is 31.2 Å². The van der Waals surface area contributed by atoms with Crippen molar-refractivity contribution < 1.29 is 14.3 Å². The number of fused-ring (bicyclic) bond motifs is 1. The molecule has 1 aromatic rings. The first-order valence-electron chi connectivity index (χ1n) is 6.55. The Labute approximate surface area is 112 Å². The van der Waals surface area contributed by atoms with E-state index in [1.54, 1.807) is 0 Å². The van der Waals surface area contributed by atoms with Crippen LogP contribution in [0.5, 0.6) is 11.5 Å². The van der Waals surface area contributed by atoms with Gasteiger partial charge >= 0.3 is 0 Å². The van der Waals surface area contributed by atoms with Crippen LogP contribution < -0.4 is 20.1 Å². The van der Waals surface area contributed by atoms with Crippen LogP contribution in [0.1, 0.15) is 18.4 Å². The molecule has 1 amide bonds. The van der Waals surface area contributed by atoms with E-state index in [-0.39, 0.29) is 18.1 Å². The number of rotatable bonds is 3. The van der Waals surface area contributed by atoms with Gasteiger partial charge in [0.1, 0.15) is 0 Å². The van der Waals surface area contributed by atoms with Crippen LogP contribution in [-0.4, -0.2) is 32.8 Å². The molecule has 1 aromatic carbocycles. The normalized spacial score (nSPS) is 25.2. The van der Waals surface area contributed by atoms with Crippen molar-refractivity contribution in [2.75, 3.05) is 26.9 Å². The summed E-state index contributed by atoms with van der Waals surface area (Å²) in [5.41, 5.74) is 0.985. The molecule has 5 heteroatoms. The van der Waals surface area contributed by atoms with Crippen LogP contribution in [0.3, 0.4) is 0 Å². The molecule has 0 radical (unpaired) electrons. The first-order chi connectivity index (χ1) is 9.23. The predicted octanol–water partition coefficient (Wildman–Crippen LogP) is 0.782. The van der Waals surface area contributed by atoms with Crippen LogP contribution >= 0.6 is 0 Å². The fraction of sp³-hybridized carbons (Fsp3) is 0.500. The number of likely N-dealkylation sites (N-methyl/N-ethyl adjacent to an activating group) is 1. The maximum Gasteiger partial charge on any atom is 0.231 e. The summed E-state index contributed by atoms with van der Waals surface area (Å²) in [6.07, 6.45) is 1.44. The summed E-state index contributed by atoms with van der Waals surface area (Å²) < 4.78 is 10.8. The highest BCUT2D eigenvalue weighted by Gasteiger charge is 2.37. The summed E-state index contributed by atoms with van der Waals surface area (Å²) in [5, 5.41) is 6.11. The molecule has 1 atom stereocenters. The van der Waals surface area contributed by atoms with Crippen LogP contribution in [-0.2, 0) is 10.2 Å². The highest BCUT2D eigenvalue weighted by atomic mass is 16.7. The molecule has 1 saturated heterocycles. The first-order valence-corrected chi connectivity index (χ1v) is 6.55. The Morgan fingerprint density at radius 2 is 2.21 bits per heavy atom. The summed E-state index contributed by atoms with van der Waals surface area (Å²) in [7, 11) is 1.92. The van der Waals surface area contributed by atoms with E-state index in [4.69, 9.17) is 9.47 Å². The van der Waals surface area contributed by atoms with Gasteiger partial charge in [0.25, 0.3) is 0 Å².